The van der Waals surface area contributed by atoms with E-state index in [-0.39, 0.29) is 49.7 Å². The highest BCUT2D eigenvalue weighted by atomic mass is 16.7. The Kier molecular flexibility index (Phi) is 17.1. The summed E-state index contributed by atoms with van der Waals surface area (Å²) >= 11 is 0. The molecule has 0 aromatic carbocycles. The number of ether oxygens (including phenoxy) is 5. The minimum absolute atomic E-state index is 0.0248. The van der Waals surface area contributed by atoms with E-state index >= 15 is 0 Å². The van der Waals surface area contributed by atoms with Crippen molar-refractivity contribution < 1.29 is 53.4 Å². The standard InChI is InChI=1S/C45H71NO11/c1-11-14-32-16-17-35(47)31(6)39(29(4)24-33-18-19-44(7,51)38(26-33)55-10)56-43(50)34-15-12-13-20-46(34)42(49)41(48)45(52)30(5)25-37(54-9)40(57-45)36(53-8)23-28(3)21-27(2)22-32/h11,22,24,28,30-40,47,51-52H,1,12-15,17-21,23,25-26H2,2-10H3/b27-22+,29-24?. The first-order valence-electron chi connectivity index (χ1n) is 21.0. The molecule has 1 amide bonds. The Morgan fingerprint density at radius 1 is 1.04 bits per heavy atom. The second kappa shape index (κ2) is 20.7. The summed E-state index contributed by atoms with van der Waals surface area (Å²) in [6, 6.07) is -1.09. The second-order valence-electron chi connectivity index (χ2n) is 17.7. The number of rotatable bonds is 7. The van der Waals surface area contributed by atoms with Gasteiger partial charge < -0.3 is 43.9 Å². The SMILES string of the molecule is C=CCC1[C]CC(O)C(C)C(C(C)=CC2CCC(C)(O)C(OC)C2)OC(=O)C2CCCCN2C(=O)C(=O)C2(O)OC(C(OC)CC(C)C/C(C)=C/1)C(OC)CC2C. The zero-order valence-corrected chi connectivity index (χ0v) is 35.9. The van der Waals surface area contributed by atoms with Crippen LogP contribution in [0.15, 0.2) is 36.0 Å². The average Bonchev–Trinajstić information content (AvgIpc) is 3.18. The molecular weight excluding hydrogens is 730 g/mol. The number of hydrogen-bond donors (Lipinski definition) is 3. The molecule has 12 heteroatoms. The van der Waals surface area contributed by atoms with E-state index in [0.717, 1.165) is 17.6 Å². The molecule has 0 aromatic rings. The number of Topliss-reactive ketones (excluding diaryl/α,β-unsaturated/α-hetero) is 1. The van der Waals surface area contributed by atoms with E-state index in [9.17, 15) is 29.7 Å². The lowest BCUT2D eigenvalue weighted by Gasteiger charge is -2.47. The number of aliphatic hydroxyl groups excluding tert-OH is 1. The number of carbonyl (C=O) groups excluding carboxylic acids is 3. The number of nitrogens with zero attached hydrogens (tertiary/aromatic N) is 1. The van der Waals surface area contributed by atoms with Crippen LogP contribution in [-0.4, -0.2) is 120 Å². The van der Waals surface area contributed by atoms with Crippen LogP contribution < -0.4 is 0 Å². The first-order valence-corrected chi connectivity index (χ1v) is 21.0. The number of allylic oxidation sites excluding steroid dienone is 4. The number of esters is 1. The number of fused-ring (bicyclic) bond motifs is 3. The third-order valence-corrected chi connectivity index (χ3v) is 13.1. The number of methoxy groups -OCH3 is 3. The molecule has 3 heterocycles. The van der Waals surface area contributed by atoms with Gasteiger partial charge in [-0.1, -0.05) is 44.6 Å². The fourth-order valence-corrected chi connectivity index (χ4v) is 9.50. The number of hydrogen-bond acceptors (Lipinski definition) is 11. The van der Waals surface area contributed by atoms with Crippen molar-refractivity contribution >= 4 is 17.7 Å². The first-order chi connectivity index (χ1) is 26.9. The molecule has 4 rings (SSSR count). The highest BCUT2D eigenvalue weighted by Gasteiger charge is 2.56. The van der Waals surface area contributed by atoms with Crippen molar-refractivity contribution in [2.45, 2.75) is 166 Å². The highest BCUT2D eigenvalue weighted by Crippen LogP contribution is 2.40. The Balaban J connectivity index is 1.75. The van der Waals surface area contributed by atoms with Gasteiger partial charge in [0.15, 0.2) is 0 Å². The lowest BCUT2D eigenvalue weighted by atomic mass is 9.76. The van der Waals surface area contributed by atoms with Gasteiger partial charge in [-0.2, -0.15) is 0 Å². The lowest BCUT2D eigenvalue weighted by Crippen LogP contribution is -2.64. The van der Waals surface area contributed by atoms with Crippen LogP contribution in [-0.2, 0) is 38.1 Å². The Morgan fingerprint density at radius 3 is 2.37 bits per heavy atom. The van der Waals surface area contributed by atoms with Gasteiger partial charge in [0.25, 0.3) is 11.7 Å². The number of piperidine rings is 1. The van der Waals surface area contributed by atoms with Crippen LogP contribution in [0.1, 0.15) is 112 Å². The van der Waals surface area contributed by atoms with E-state index in [2.05, 4.69) is 32.9 Å². The molecule has 0 spiro atoms. The summed E-state index contributed by atoms with van der Waals surface area (Å²) in [5.41, 5.74) is 0.891. The van der Waals surface area contributed by atoms with Gasteiger partial charge in [-0.25, -0.2) is 4.79 Å². The molecule has 57 heavy (non-hydrogen) atoms. The van der Waals surface area contributed by atoms with E-state index in [1.807, 2.05) is 26.0 Å². The number of amides is 1. The Morgan fingerprint density at radius 2 is 1.72 bits per heavy atom. The Labute approximate surface area is 341 Å². The molecule has 2 radical (unpaired) electrons. The largest absolute Gasteiger partial charge is 0.456 e. The highest BCUT2D eigenvalue weighted by molar-refractivity contribution is 6.39. The predicted molar refractivity (Wildman–Crippen MR) is 215 cm³/mol. The zero-order valence-electron chi connectivity index (χ0n) is 35.9. The van der Waals surface area contributed by atoms with Gasteiger partial charge in [0.2, 0.25) is 5.79 Å². The van der Waals surface area contributed by atoms with Crippen molar-refractivity contribution in [3.8, 4) is 0 Å². The predicted octanol–water partition coefficient (Wildman–Crippen LogP) is 5.54. The maximum atomic E-state index is 14.3. The number of ketones is 1. The summed E-state index contributed by atoms with van der Waals surface area (Å²) in [4.78, 5) is 44.0. The smallest absolute Gasteiger partial charge is 0.329 e. The second-order valence-corrected chi connectivity index (χ2v) is 17.7. The summed E-state index contributed by atoms with van der Waals surface area (Å²) in [5, 5.41) is 34.6. The summed E-state index contributed by atoms with van der Waals surface area (Å²) < 4.78 is 30.0. The Bertz CT molecular complexity index is 1440. The molecule has 2 saturated heterocycles. The fraction of sp³-hybridized carbons (Fsp3) is 0.778. The normalized spacial score (nSPS) is 42.2. The molecule has 322 valence electrons. The quantitative estimate of drug-likeness (QED) is 0.169. The molecule has 3 N–H and O–H groups in total. The van der Waals surface area contributed by atoms with Crippen LogP contribution in [0.5, 0.6) is 0 Å². The van der Waals surface area contributed by atoms with Crippen molar-refractivity contribution in [1.82, 2.24) is 4.90 Å². The van der Waals surface area contributed by atoms with Gasteiger partial charge in [0, 0.05) is 39.7 Å². The summed E-state index contributed by atoms with van der Waals surface area (Å²) in [6.45, 7) is 15.4. The molecule has 4 aliphatic rings. The number of carbonyl (C=O) groups is 3. The fourth-order valence-electron chi connectivity index (χ4n) is 9.50. The molecular formula is C45H71NO11. The van der Waals surface area contributed by atoms with Gasteiger partial charge >= 0.3 is 5.97 Å². The van der Waals surface area contributed by atoms with Crippen molar-refractivity contribution in [3.05, 3.63) is 42.4 Å². The van der Waals surface area contributed by atoms with Gasteiger partial charge in [0.1, 0.15) is 18.2 Å². The van der Waals surface area contributed by atoms with E-state index < -0.39 is 77.4 Å². The van der Waals surface area contributed by atoms with Gasteiger partial charge in [-0.05, 0) is 121 Å². The van der Waals surface area contributed by atoms with Gasteiger partial charge in [-0.3, -0.25) is 9.59 Å². The summed E-state index contributed by atoms with van der Waals surface area (Å²) in [7, 11) is 4.70. The molecule has 2 bridgehead atoms. The van der Waals surface area contributed by atoms with Crippen LogP contribution in [0.3, 0.4) is 0 Å². The molecule has 12 nitrogen and oxygen atoms in total. The molecule has 0 aromatic heterocycles. The topological polar surface area (TPSA) is 161 Å². The maximum absolute atomic E-state index is 14.3. The number of cyclic esters (lactones) is 1. The molecule has 14 atom stereocenters. The van der Waals surface area contributed by atoms with Crippen LogP contribution in [0.2, 0.25) is 0 Å². The third kappa shape index (κ3) is 11.4. The number of aliphatic hydroxyl groups is 3. The monoisotopic (exact) mass is 802 g/mol. The van der Waals surface area contributed by atoms with Gasteiger partial charge in [0.05, 0.1) is 30.0 Å². The molecule has 3 aliphatic heterocycles. The molecule has 1 aliphatic carbocycles. The van der Waals surface area contributed by atoms with E-state index in [0.29, 0.717) is 44.9 Å². The minimum Gasteiger partial charge on any atom is -0.456 e. The van der Waals surface area contributed by atoms with E-state index in [1.54, 1.807) is 35.2 Å². The van der Waals surface area contributed by atoms with Gasteiger partial charge in [-0.15, -0.1) is 6.58 Å². The van der Waals surface area contributed by atoms with E-state index in [4.69, 9.17) is 23.7 Å². The van der Waals surface area contributed by atoms with Crippen molar-refractivity contribution in [3.63, 3.8) is 0 Å². The first kappa shape index (κ1) is 47.2. The van der Waals surface area contributed by atoms with Crippen LogP contribution in [0.4, 0.5) is 0 Å². The maximum Gasteiger partial charge on any atom is 0.329 e. The van der Waals surface area contributed by atoms with Crippen molar-refractivity contribution in [2.24, 2.45) is 29.6 Å². The lowest BCUT2D eigenvalue weighted by molar-refractivity contribution is -0.302. The molecule has 14 unspecified atom stereocenters. The van der Waals surface area contributed by atoms with Crippen LogP contribution in [0, 0.1) is 36.0 Å². The average molecular weight is 802 g/mol. The Hall–Kier alpha value is -2.45. The van der Waals surface area contributed by atoms with Crippen molar-refractivity contribution in [1.29, 1.82) is 0 Å². The molecule has 1 saturated carbocycles. The third-order valence-electron chi connectivity index (χ3n) is 13.1. The summed E-state index contributed by atoms with van der Waals surface area (Å²) in [5.74, 6) is -6.69. The van der Waals surface area contributed by atoms with E-state index in [1.165, 1.54) is 4.90 Å². The molecule has 3 fully saturated rings. The van der Waals surface area contributed by atoms with Crippen LogP contribution in [0.25, 0.3) is 0 Å². The zero-order chi connectivity index (χ0) is 42.2. The van der Waals surface area contributed by atoms with Crippen LogP contribution >= 0.6 is 0 Å². The summed E-state index contributed by atoms with van der Waals surface area (Å²) in [6.07, 6.45) is 11.0. The minimum atomic E-state index is -2.48. The van der Waals surface area contributed by atoms with Crippen molar-refractivity contribution in [2.75, 3.05) is 27.9 Å².